The molecule has 1 heterocycles. The molecule has 1 amide bonds. The molecule has 16 heavy (non-hydrogen) atoms. The van der Waals surface area contributed by atoms with Gasteiger partial charge in [-0.15, -0.1) is 0 Å². The van der Waals surface area contributed by atoms with E-state index in [9.17, 15) is 4.79 Å². The highest BCUT2D eigenvalue weighted by Gasteiger charge is 2.35. The van der Waals surface area contributed by atoms with Crippen LogP contribution in [0.1, 0.15) is 11.6 Å². The minimum atomic E-state index is -0.215. The third-order valence-corrected chi connectivity index (χ3v) is 2.86. The molecule has 2 rings (SSSR count). The zero-order chi connectivity index (χ0) is 11.5. The first-order chi connectivity index (χ1) is 7.79. The van der Waals surface area contributed by atoms with Crippen molar-refractivity contribution in [2.75, 3.05) is 32.2 Å². The molecule has 0 aliphatic carbocycles. The van der Waals surface area contributed by atoms with Gasteiger partial charge >= 0.3 is 0 Å². The van der Waals surface area contributed by atoms with Crippen LogP contribution in [0.15, 0.2) is 24.3 Å². The molecule has 0 saturated carbocycles. The molecule has 0 spiro atoms. The number of methoxy groups -OCH3 is 1. The summed E-state index contributed by atoms with van der Waals surface area (Å²) < 4.78 is 5.02. The van der Waals surface area contributed by atoms with Crippen LogP contribution >= 0.6 is 0 Å². The number of hydrogen-bond donors (Lipinski definition) is 1. The SMILES string of the molecule is CNC1C(=O)N(CCOC)c2ccccc21. The van der Waals surface area contributed by atoms with Gasteiger partial charge in [0.1, 0.15) is 6.04 Å². The zero-order valence-corrected chi connectivity index (χ0v) is 9.56. The van der Waals surface area contributed by atoms with Gasteiger partial charge < -0.3 is 15.0 Å². The maximum atomic E-state index is 12.1. The minimum Gasteiger partial charge on any atom is -0.383 e. The van der Waals surface area contributed by atoms with Crippen LogP contribution in [0.4, 0.5) is 5.69 Å². The molecule has 1 atom stereocenters. The van der Waals surface area contributed by atoms with E-state index in [1.807, 2.05) is 24.3 Å². The second-order valence-electron chi connectivity index (χ2n) is 3.76. The van der Waals surface area contributed by atoms with Gasteiger partial charge in [-0.3, -0.25) is 4.79 Å². The van der Waals surface area contributed by atoms with Crippen LogP contribution in [0.5, 0.6) is 0 Å². The molecule has 0 fully saturated rings. The first-order valence-corrected chi connectivity index (χ1v) is 5.36. The Kier molecular flexibility index (Phi) is 3.22. The highest BCUT2D eigenvalue weighted by Crippen LogP contribution is 2.34. The van der Waals surface area contributed by atoms with Gasteiger partial charge in [0.2, 0.25) is 5.91 Å². The summed E-state index contributed by atoms with van der Waals surface area (Å²) in [5.74, 6) is 0.0979. The molecule has 1 aromatic rings. The van der Waals surface area contributed by atoms with Crippen molar-refractivity contribution in [3.05, 3.63) is 29.8 Å². The summed E-state index contributed by atoms with van der Waals surface area (Å²) in [7, 11) is 3.45. The summed E-state index contributed by atoms with van der Waals surface area (Å²) in [6.07, 6.45) is 0. The average molecular weight is 220 g/mol. The number of para-hydroxylation sites is 1. The number of nitrogens with zero attached hydrogens (tertiary/aromatic N) is 1. The monoisotopic (exact) mass is 220 g/mol. The highest BCUT2D eigenvalue weighted by atomic mass is 16.5. The number of hydrogen-bond acceptors (Lipinski definition) is 3. The Morgan fingerprint density at radius 3 is 2.88 bits per heavy atom. The minimum absolute atomic E-state index is 0.0979. The Balaban J connectivity index is 2.31. The van der Waals surface area contributed by atoms with E-state index in [4.69, 9.17) is 4.74 Å². The van der Waals surface area contributed by atoms with E-state index < -0.39 is 0 Å². The average Bonchev–Trinajstić information content (AvgIpc) is 2.58. The quantitative estimate of drug-likeness (QED) is 0.821. The molecule has 86 valence electrons. The summed E-state index contributed by atoms with van der Waals surface area (Å²) in [5, 5.41) is 3.04. The number of carbonyl (C=O) groups is 1. The smallest absolute Gasteiger partial charge is 0.248 e. The number of anilines is 1. The molecule has 1 unspecified atom stereocenters. The molecule has 0 bridgehead atoms. The third-order valence-electron chi connectivity index (χ3n) is 2.86. The molecule has 0 radical (unpaired) electrons. The first kappa shape index (κ1) is 11.1. The molecular formula is C12H16N2O2. The van der Waals surface area contributed by atoms with E-state index in [2.05, 4.69) is 5.32 Å². The van der Waals surface area contributed by atoms with Gasteiger partial charge in [0.05, 0.1) is 6.61 Å². The van der Waals surface area contributed by atoms with Gasteiger partial charge in [0.15, 0.2) is 0 Å². The number of benzene rings is 1. The summed E-state index contributed by atoms with van der Waals surface area (Å²) >= 11 is 0. The Hall–Kier alpha value is -1.39. The second-order valence-corrected chi connectivity index (χ2v) is 3.76. The van der Waals surface area contributed by atoms with Crippen LogP contribution in [-0.2, 0) is 9.53 Å². The van der Waals surface area contributed by atoms with Crippen molar-refractivity contribution < 1.29 is 9.53 Å². The predicted octanol–water partition coefficient (Wildman–Crippen LogP) is 0.940. The van der Waals surface area contributed by atoms with Crippen LogP contribution < -0.4 is 10.2 Å². The van der Waals surface area contributed by atoms with Crippen molar-refractivity contribution >= 4 is 11.6 Å². The van der Waals surface area contributed by atoms with E-state index in [1.165, 1.54) is 0 Å². The number of fused-ring (bicyclic) bond motifs is 1. The third kappa shape index (κ3) is 1.70. The van der Waals surface area contributed by atoms with Crippen LogP contribution in [0.3, 0.4) is 0 Å². The van der Waals surface area contributed by atoms with Crippen molar-refractivity contribution in [3.63, 3.8) is 0 Å². The fraction of sp³-hybridized carbons (Fsp3) is 0.417. The molecule has 1 aromatic carbocycles. The number of ether oxygens (including phenoxy) is 1. The Morgan fingerprint density at radius 1 is 1.44 bits per heavy atom. The lowest BCUT2D eigenvalue weighted by atomic mass is 10.1. The summed E-state index contributed by atoms with van der Waals surface area (Å²) in [6, 6.07) is 7.65. The lowest BCUT2D eigenvalue weighted by Gasteiger charge is -2.17. The largest absolute Gasteiger partial charge is 0.383 e. The molecule has 0 saturated heterocycles. The number of carbonyl (C=O) groups excluding carboxylic acids is 1. The molecule has 0 aromatic heterocycles. The highest BCUT2D eigenvalue weighted by molar-refractivity contribution is 6.04. The van der Waals surface area contributed by atoms with Crippen molar-refractivity contribution in [3.8, 4) is 0 Å². The Bertz CT molecular complexity index is 392. The topological polar surface area (TPSA) is 41.6 Å². The van der Waals surface area contributed by atoms with Gasteiger partial charge in [-0.25, -0.2) is 0 Å². The predicted molar refractivity (Wildman–Crippen MR) is 62.5 cm³/mol. The molecule has 1 aliphatic rings. The maximum absolute atomic E-state index is 12.1. The fourth-order valence-electron chi connectivity index (χ4n) is 2.08. The molecule has 1 N–H and O–H groups in total. The molecule has 1 aliphatic heterocycles. The number of likely N-dealkylation sites (N-methyl/N-ethyl adjacent to an activating group) is 1. The first-order valence-electron chi connectivity index (χ1n) is 5.36. The molecular weight excluding hydrogens is 204 g/mol. The standard InChI is InChI=1S/C12H16N2O2/c1-13-11-9-5-3-4-6-10(9)14(12(11)15)7-8-16-2/h3-6,11,13H,7-8H2,1-2H3. The van der Waals surface area contributed by atoms with E-state index in [1.54, 1.807) is 19.1 Å². The summed E-state index contributed by atoms with van der Waals surface area (Å²) in [4.78, 5) is 13.9. The second kappa shape index (κ2) is 4.63. The Labute approximate surface area is 95.2 Å². The molecule has 4 heteroatoms. The summed E-state index contributed by atoms with van der Waals surface area (Å²) in [6.45, 7) is 1.15. The van der Waals surface area contributed by atoms with E-state index in [0.717, 1.165) is 11.3 Å². The van der Waals surface area contributed by atoms with Gasteiger partial charge in [0.25, 0.3) is 0 Å². The van der Waals surface area contributed by atoms with Crippen molar-refractivity contribution in [2.45, 2.75) is 6.04 Å². The zero-order valence-electron chi connectivity index (χ0n) is 9.56. The number of nitrogens with one attached hydrogen (secondary N) is 1. The number of rotatable bonds is 4. The van der Waals surface area contributed by atoms with Crippen LogP contribution in [0.2, 0.25) is 0 Å². The van der Waals surface area contributed by atoms with E-state index in [-0.39, 0.29) is 11.9 Å². The van der Waals surface area contributed by atoms with Gasteiger partial charge in [-0.1, -0.05) is 18.2 Å². The van der Waals surface area contributed by atoms with Crippen molar-refractivity contribution in [2.24, 2.45) is 0 Å². The van der Waals surface area contributed by atoms with Crippen LogP contribution in [-0.4, -0.2) is 33.2 Å². The van der Waals surface area contributed by atoms with Crippen molar-refractivity contribution in [1.82, 2.24) is 5.32 Å². The van der Waals surface area contributed by atoms with E-state index in [0.29, 0.717) is 13.2 Å². The van der Waals surface area contributed by atoms with Crippen molar-refractivity contribution in [1.29, 1.82) is 0 Å². The summed E-state index contributed by atoms with van der Waals surface area (Å²) in [5.41, 5.74) is 2.04. The lowest BCUT2D eigenvalue weighted by Crippen LogP contribution is -2.35. The Morgan fingerprint density at radius 2 is 2.19 bits per heavy atom. The van der Waals surface area contributed by atoms with E-state index >= 15 is 0 Å². The van der Waals surface area contributed by atoms with Gasteiger partial charge in [-0.2, -0.15) is 0 Å². The normalized spacial score (nSPS) is 19.0. The molecule has 4 nitrogen and oxygen atoms in total. The number of amides is 1. The van der Waals surface area contributed by atoms with Crippen LogP contribution in [0.25, 0.3) is 0 Å². The van der Waals surface area contributed by atoms with Gasteiger partial charge in [-0.05, 0) is 13.1 Å². The van der Waals surface area contributed by atoms with Gasteiger partial charge in [0, 0.05) is 24.9 Å². The maximum Gasteiger partial charge on any atom is 0.248 e. The van der Waals surface area contributed by atoms with Crippen LogP contribution in [0, 0.1) is 0 Å². The lowest BCUT2D eigenvalue weighted by molar-refractivity contribution is -0.120. The fourth-order valence-corrected chi connectivity index (χ4v) is 2.08.